The fourth-order valence-corrected chi connectivity index (χ4v) is 3.82. The summed E-state index contributed by atoms with van der Waals surface area (Å²) in [4.78, 5) is 11.1. The second kappa shape index (κ2) is 6.41. The van der Waals surface area contributed by atoms with Crippen LogP contribution < -0.4 is 0 Å². The van der Waals surface area contributed by atoms with Gasteiger partial charge < -0.3 is 5.11 Å². The SMILES string of the molecule is CCc1ccc(/C=C/S(=O)(=O)N2CCCC2C(=O)O)cc1. The van der Waals surface area contributed by atoms with Crippen molar-refractivity contribution in [1.82, 2.24) is 4.31 Å². The number of benzene rings is 1. The van der Waals surface area contributed by atoms with E-state index in [4.69, 9.17) is 5.11 Å². The van der Waals surface area contributed by atoms with Gasteiger partial charge in [-0.05, 0) is 36.5 Å². The highest BCUT2D eigenvalue weighted by atomic mass is 32.2. The van der Waals surface area contributed by atoms with Gasteiger partial charge in [0, 0.05) is 12.0 Å². The smallest absolute Gasteiger partial charge is 0.322 e. The van der Waals surface area contributed by atoms with Crippen molar-refractivity contribution >= 4 is 22.1 Å². The Hall–Kier alpha value is -1.66. The molecule has 5 nitrogen and oxygen atoms in total. The van der Waals surface area contributed by atoms with Gasteiger partial charge in [0.25, 0.3) is 0 Å². The number of rotatable bonds is 5. The lowest BCUT2D eigenvalue weighted by atomic mass is 10.1. The van der Waals surface area contributed by atoms with Gasteiger partial charge >= 0.3 is 5.97 Å². The maximum Gasteiger partial charge on any atom is 0.322 e. The van der Waals surface area contributed by atoms with E-state index in [-0.39, 0.29) is 6.54 Å². The molecule has 6 heteroatoms. The number of aliphatic carboxylic acids is 1. The number of hydrogen-bond acceptors (Lipinski definition) is 3. The molecule has 2 rings (SSSR count). The molecule has 1 aliphatic rings. The Balaban J connectivity index is 2.16. The number of hydrogen-bond donors (Lipinski definition) is 1. The van der Waals surface area contributed by atoms with Crippen molar-refractivity contribution in [2.45, 2.75) is 32.2 Å². The Morgan fingerprint density at radius 1 is 1.38 bits per heavy atom. The minimum absolute atomic E-state index is 0.262. The topological polar surface area (TPSA) is 74.7 Å². The third-order valence-electron chi connectivity index (χ3n) is 3.64. The fourth-order valence-electron chi connectivity index (χ4n) is 2.40. The molecule has 0 aromatic heterocycles. The lowest BCUT2D eigenvalue weighted by Crippen LogP contribution is -2.39. The molecular formula is C15H19NO4S. The van der Waals surface area contributed by atoms with Crippen LogP contribution in [-0.4, -0.2) is 36.4 Å². The summed E-state index contributed by atoms with van der Waals surface area (Å²) in [5.74, 6) is -1.09. The normalized spacial score (nSPS) is 20.1. The Bertz CT molecular complexity index is 634. The zero-order valence-electron chi connectivity index (χ0n) is 11.9. The average molecular weight is 309 g/mol. The first kappa shape index (κ1) is 15.7. The van der Waals surface area contributed by atoms with E-state index in [1.807, 2.05) is 24.3 Å². The molecule has 0 saturated carbocycles. The van der Waals surface area contributed by atoms with Crippen molar-refractivity contribution in [2.75, 3.05) is 6.54 Å². The van der Waals surface area contributed by atoms with Crippen LogP contribution in [0.25, 0.3) is 6.08 Å². The lowest BCUT2D eigenvalue weighted by molar-refractivity contribution is -0.140. The molecule has 1 aromatic carbocycles. The summed E-state index contributed by atoms with van der Waals surface area (Å²) in [5, 5.41) is 10.2. The fraction of sp³-hybridized carbons (Fsp3) is 0.400. The monoisotopic (exact) mass is 309 g/mol. The molecule has 0 spiro atoms. The second-order valence-corrected chi connectivity index (χ2v) is 6.82. The summed E-state index contributed by atoms with van der Waals surface area (Å²) >= 11 is 0. The third-order valence-corrected chi connectivity index (χ3v) is 5.21. The minimum atomic E-state index is -3.70. The number of carboxylic acids is 1. The highest BCUT2D eigenvalue weighted by Crippen LogP contribution is 2.22. The van der Waals surface area contributed by atoms with Crippen molar-refractivity contribution in [3.05, 3.63) is 40.8 Å². The first-order valence-corrected chi connectivity index (χ1v) is 8.46. The minimum Gasteiger partial charge on any atom is -0.480 e. The van der Waals surface area contributed by atoms with Crippen molar-refractivity contribution < 1.29 is 18.3 Å². The van der Waals surface area contributed by atoms with Crippen molar-refractivity contribution in [1.29, 1.82) is 0 Å². The van der Waals surface area contributed by atoms with E-state index in [9.17, 15) is 13.2 Å². The Morgan fingerprint density at radius 3 is 2.62 bits per heavy atom. The molecule has 0 radical (unpaired) electrons. The predicted octanol–water partition coefficient (Wildman–Crippen LogP) is 2.10. The summed E-state index contributed by atoms with van der Waals surface area (Å²) in [5.41, 5.74) is 1.96. The summed E-state index contributed by atoms with van der Waals surface area (Å²) in [6.07, 6.45) is 3.38. The Kier molecular flexibility index (Phi) is 4.80. The molecule has 0 aliphatic carbocycles. The molecule has 1 atom stereocenters. The zero-order valence-corrected chi connectivity index (χ0v) is 12.7. The van der Waals surface area contributed by atoms with E-state index < -0.39 is 22.0 Å². The van der Waals surface area contributed by atoms with Crippen LogP contribution in [0.2, 0.25) is 0 Å². The number of carboxylic acid groups (broad SMARTS) is 1. The van der Waals surface area contributed by atoms with Crippen LogP contribution in [0, 0.1) is 0 Å². The summed E-state index contributed by atoms with van der Waals surface area (Å²) in [7, 11) is -3.70. The summed E-state index contributed by atoms with van der Waals surface area (Å²) in [6, 6.07) is 6.65. The Labute approximate surface area is 124 Å². The number of carbonyl (C=O) groups is 1. The van der Waals surface area contributed by atoms with Gasteiger partial charge in [-0.2, -0.15) is 4.31 Å². The molecular weight excluding hydrogens is 290 g/mol. The molecule has 1 heterocycles. The summed E-state index contributed by atoms with van der Waals surface area (Å²) in [6.45, 7) is 2.31. The highest BCUT2D eigenvalue weighted by molar-refractivity contribution is 7.92. The number of aryl methyl sites for hydroxylation is 1. The third kappa shape index (κ3) is 3.71. The van der Waals surface area contributed by atoms with E-state index in [1.165, 1.54) is 11.6 Å². The molecule has 21 heavy (non-hydrogen) atoms. The van der Waals surface area contributed by atoms with Gasteiger partial charge in [-0.15, -0.1) is 0 Å². The summed E-state index contributed by atoms with van der Waals surface area (Å²) < 4.78 is 25.5. The van der Waals surface area contributed by atoms with Gasteiger partial charge in [-0.1, -0.05) is 31.2 Å². The van der Waals surface area contributed by atoms with E-state index in [0.29, 0.717) is 12.8 Å². The first-order chi connectivity index (χ1) is 9.94. The largest absolute Gasteiger partial charge is 0.480 e. The Morgan fingerprint density at radius 2 is 2.05 bits per heavy atom. The van der Waals surface area contributed by atoms with Crippen LogP contribution in [0.5, 0.6) is 0 Å². The molecule has 1 N–H and O–H groups in total. The predicted molar refractivity (Wildman–Crippen MR) is 81.1 cm³/mol. The van der Waals surface area contributed by atoms with Crippen molar-refractivity contribution in [3.63, 3.8) is 0 Å². The highest BCUT2D eigenvalue weighted by Gasteiger charge is 2.37. The molecule has 1 saturated heterocycles. The van der Waals surface area contributed by atoms with E-state index in [1.54, 1.807) is 0 Å². The van der Waals surface area contributed by atoms with Crippen molar-refractivity contribution in [3.8, 4) is 0 Å². The van der Waals surface area contributed by atoms with Gasteiger partial charge in [0.2, 0.25) is 10.0 Å². The van der Waals surface area contributed by atoms with Gasteiger partial charge in [-0.3, -0.25) is 4.79 Å². The number of nitrogens with zero attached hydrogens (tertiary/aromatic N) is 1. The van der Waals surface area contributed by atoms with Gasteiger partial charge in [0.1, 0.15) is 6.04 Å². The van der Waals surface area contributed by atoms with Gasteiger partial charge in [0.05, 0.1) is 0 Å². The molecule has 1 aliphatic heterocycles. The molecule has 114 valence electrons. The van der Waals surface area contributed by atoms with Crippen LogP contribution in [0.15, 0.2) is 29.7 Å². The molecule has 1 aromatic rings. The average Bonchev–Trinajstić information content (AvgIpc) is 2.96. The van der Waals surface area contributed by atoms with E-state index in [2.05, 4.69) is 6.92 Å². The zero-order chi connectivity index (χ0) is 15.5. The van der Waals surface area contributed by atoms with Crippen LogP contribution in [-0.2, 0) is 21.2 Å². The van der Waals surface area contributed by atoms with Crippen LogP contribution in [0.4, 0.5) is 0 Å². The maximum absolute atomic E-state index is 12.2. The quantitative estimate of drug-likeness (QED) is 0.904. The molecule has 1 fully saturated rings. The standard InChI is InChI=1S/C15H19NO4S/c1-2-12-5-7-13(8-6-12)9-11-21(19,20)16-10-3-4-14(16)15(17)18/h5-9,11,14H,2-4,10H2,1H3,(H,17,18)/b11-9+. The maximum atomic E-state index is 12.2. The van der Waals surface area contributed by atoms with Crippen LogP contribution >= 0.6 is 0 Å². The van der Waals surface area contributed by atoms with E-state index >= 15 is 0 Å². The second-order valence-electron chi connectivity index (χ2n) is 5.05. The van der Waals surface area contributed by atoms with Crippen LogP contribution in [0.1, 0.15) is 30.9 Å². The first-order valence-electron chi connectivity index (χ1n) is 6.95. The lowest BCUT2D eigenvalue weighted by Gasteiger charge is -2.18. The molecule has 1 unspecified atom stereocenters. The van der Waals surface area contributed by atoms with Crippen molar-refractivity contribution in [2.24, 2.45) is 0 Å². The molecule has 0 bridgehead atoms. The molecule has 0 amide bonds. The van der Waals surface area contributed by atoms with Gasteiger partial charge in [0.15, 0.2) is 0 Å². The van der Waals surface area contributed by atoms with Gasteiger partial charge in [-0.25, -0.2) is 8.42 Å². The van der Waals surface area contributed by atoms with Crippen LogP contribution in [0.3, 0.4) is 0 Å². The van der Waals surface area contributed by atoms with E-state index in [0.717, 1.165) is 21.7 Å². The number of sulfonamides is 1.